The van der Waals surface area contributed by atoms with E-state index in [1.165, 1.54) is 31.2 Å². The fraction of sp³-hybridized carbons (Fsp3) is 0.125. The van der Waals surface area contributed by atoms with Crippen LogP contribution in [-0.2, 0) is 17.5 Å². The first-order chi connectivity index (χ1) is 15.6. The highest BCUT2D eigenvalue weighted by Gasteiger charge is 2.34. The molecule has 0 saturated heterocycles. The number of halogens is 3. The SMILES string of the molecule is CC(=O)Oc1cccc(C(=O)NCc2cccc(NC(=O)c3ccccc3C(F)(F)F)c2)c1. The van der Waals surface area contributed by atoms with Gasteiger partial charge in [0, 0.05) is 24.7 Å². The molecule has 2 amide bonds. The number of ether oxygens (including phenoxy) is 1. The molecule has 0 atom stereocenters. The van der Waals surface area contributed by atoms with Crippen LogP contribution in [0.1, 0.15) is 38.8 Å². The number of nitrogens with one attached hydrogen (secondary N) is 2. The van der Waals surface area contributed by atoms with E-state index in [4.69, 9.17) is 4.74 Å². The monoisotopic (exact) mass is 456 g/mol. The Hall–Kier alpha value is -4.14. The minimum atomic E-state index is -4.66. The quantitative estimate of drug-likeness (QED) is 0.412. The lowest BCUT2D eigenvalue weighted by Gasteiger charge is -2.13. The summed E-state index contributed by atoms with van der Waals surface area (Å²) < 4.78 is 44.5. The fourth-order valence-corrected chi connectivity index (χ4v) is 3.04. The van der Waals surface area contributed by atoms with E-state index in [1.54, 1.807) is 36.4 Å². The van der Waals surface area contributed by atoms with Crippen molar-refractivity contribution in [2.24, 2.45) is 0 Å². The predicted molar refractivity (Wildman–Crippen MR) is 115 cm³/mol. The van der Waals surface area contributed by atoms with E-state index >= 15 is 0 Å². The van der Waals surface area contributed by atoms with Crippen molar-refractivity contribution in [2.45, 2.75) is 19.6 Å². The lowest BCUT2D eigenvalue weighted by Crippen LogP contribution is -2.23. The van der Waals surface area contributed by atoms with E-state index in [0.717, 1.165) is 12.1 Å². The number of anilines is 1. The summed E-state index contributed by atoms with van der Waals surface area (Å²) in [5.74, 6) is -1.59. The van der Waals surface area contributed by atoms with Crippen molar-refractivity contribution in [3.8, 4) is 5.75 Å². The maximum Gasteiger partial charge on any atom is 0.417 e. The Kier molecular flexibility index (Phi) is 7.12. The normalized spacial score (nSPS) is 10.9. The van der Waals surface area contributed by atoms with Crippen molar-refractivity contribution in [1.29, 1.82) is 0 Å². The van der Waals surface area contributed by atoms with Crippen LogP contribution in [0.15, 0.2) is 72.8 Å². The first kappa shape index (κ1) is 23.5. The van der Waals surface area contributed by atoms with Gasteiger partial charge in [-0.05, 0) is 48.0 Å². The number of carbonyl (C=O) groups is 3. The van der Waals surface area contributed by atoms with Gasteiger partial charge in [0.1, 0.15) is 5.75 Å². The molecule has 0 spiro atoms. The Bertz CT molecular complexity index is 1190. The number of carbonyl (C=O) groups excluding carboxylic acids is 3. The maximum atomic E-state index is 13.2. The second-order valence-corrected chi connectivity index (χ2v) is 7.00. The van der Waals surface area contributed by atoms with Crippen LogP contribution in [0.25, 0.3) is 0 Å². The summed E-state index contributed by atoms with van der Waals surface area (Å²) in [5.41, 5.74) is -0.345. The molecule has 0 aliphatic carbocycles. The van der Waals surface area contributed by atoms with E-state index in [9.17, 15) is 27.6 Å². The van der Waals surface area contributed by atoms with Gasteiger partial charge in [0.15, 0.2) is 0 Å². The summed E-state index contributed by atoms with van der Waals surface area (Å²) >= 11 is 0. The van der Waals surface area contributed by atoms with E-state index in [0.29, 0.717) is 5.56 Å². The minimum absolute atomic E-state index is 0.0967. The molecule has 0 aliphatic rings. The highest BCUT2D eigenvalue weighted by molar-refractivity contribution is 6.05. The van der Waals surface area contributed by atoms with Crippen molar-refractivity contribution in [1.82, 2.24) is 5.32 Å². The molecule has 170 valence electrons. The molecule has 3 aromatic rings. The summed E-state index contributed by atoms with van der Waals surface area (Å²) in [7, 11) is 0. The Morgan fingerprint density at radius 2 is 1.61 bits per heavy atom. The zero-order valence-corrected chi connectivity index (χ0v) is 17.4. The van der Waals surface area contributed by atoms with Gasteiger partial charge >= 0.3 is 12.1 Å². The first-order valence-corrected chi connectivity index (χ1v) is 9.76. The smallest absolute Gasteiger partial charge is 0.417 e. The molecule has 9 heteroatoms. The van der Waals surface area contributed by atoms with E-state index in [2.05, 4.69) is 10.6 Å². The van der Waals surface area contributed by atoms with Crippen molar-refractivity contribution in [2.75, 3.05) is 5.32 Å². The van der Waals surface area contributed by atoms with Gasteiger partial charge in [-0.15, -0.1) is 0 Å². The molecule has 6 nitrogen and oxygen atoms in total. The van der Waals surface area contributed by atoms with Gasteiger partial charge in [-0.2, -0.15) is 13.2 Å². The Morgan fingerprint density at radius 3 is 2.33 bits per heavy atom. The number of amides is 2. The van der Waals surface area contributed by atoms with Crippen LogP contribution in [0.5, 0.6) is 5.75 Å². The first-order valence-electron chi connectivity index (χ1n) is 9.76. The highest BCUT2D eigenvalue weighted by Crippen LogP contribution is 2.32. The number of esters is 1. The molecule has 0 saturated carbocycles. The molecule has 3 aromatic carbocycles. The van der Waals surface area contributed by atoms with Crippen LogP contribution in [0, 0.1) is 0 Å². The Balaban J connectivity index is 1.67. The molecule has 33 heavy (non-hydrogen) atoms. The van der Waals surface area contributed by atoms with Gasteiger partial charge in [0.05, 0.1) is 11.1 Å². The molecule has 0 bridgehead atoms. The van der Waals surface area contributed by atoms with Gasteiger partial charge in [-0.1, -0.05) is 30.3 Å². The molecule has 0 unspecified atom stereocenters. The van der Waals surface area contributed by atoms with Crippen LogP contribution < -0.4 is 15.4 Å². The molecule has 0 radical (unpaired) electrons. The predicted octanol–water partition coefficient (Wildman–Crippen LogP) is 4.81. The number of hydrogen-bond acceptors (Lipinski definition) is 4. The molecular formula is C24H19F3N2O4. The minimum Gasteiger partial charge on any atom is -0.427 e. The standard InChI is InChI=1S/C24H19F3N2O4/c1-15(30)33-19-9-5-7-17(13-19)22(31)28-14-16-6-4-8-18(12-16)29-23(32)20-10-2-3-11-21(20)24(25,26)27/h2-13H,14H2,1H3,(H,28,31)(H,29,32). The summed E-state index contributed by atoms with van der Waals surface area (Å²) in [4.78, 5) is 35.9. The molecule has 0 heterocycles. The number of alkyl halides is 3. The third-order valence-electron chi connectivity index (χ3n) is 4.47. The van der Waals surface area contributed by atoms with Crippen molar-refractivity contribution in [3.63, 3.8) is 0 Å². The van der Waals surface area contributed by atoms with Crippen molar-refractivity contribution in [3.05, 3.63) is 95.1 Å². The van der Waals surface area contributed by atoms with Gasteiger partial charge in [-0.25, -0.2) is 0 Å². The lowest BCUT2D eigenvalue weighted by atomic mass is 10.1. The van der Waals surface area contributed by atoms with Crippen LogP contribution in [0.3, 0.4) is 0 Å². The lowest BCUT2D eigenvalue weighted by molar-refractivity contribution is -0.138. The zero-order valence-electron chi connectivity index (χ0n) is 17.4. The molecule has 2 N–H and O–H groups in total. The summed E-state index contributed by atoms with van der Waals surface area (Å²) in [6.45, 7) is 1.35. The topological polar surface area (TPSA) is 84.5 Å². The van der Waals surface area contributed by atoms with Gasteiger partial charge in [0.25, 0.3) is 11.8 Å². The maximum absolute atomic E-state index is 13.2. The summed E-state index contributed by atoms with van der Waals surface area (Å²) in [6.07, 6.45) is -4.66. The Labute approximate surface area is 187 Å². The average molecular weight is 456 g/mol. The summed E-state index contributed by atoms with van der Waals surface area (Å²) in [6, 6.07) is 17.0. The molecule has 0 aliphatic heterocycles. The van der Waals surface area contributed by atoms with Crippen LogP contribution >= 0.6 is 0 Å². The second-order valence-electron chi connectivity index (χ2n) is 7.00. The second kappa shape index (κ2) is 9.99. The number of benzene rings is 3. The van der Waals surface area contributed by atoms with Gasteiger partial charge in [-0.3, -0.25) is 14.4 Å². The van der Waals surface area contributed by atoms with Crippen LogP contribution in [0.2, 0.25) is 0 Å². The summed E-state index contributed by atoms with van der Waals surface area (Å²) in [5, 5.41) is 5.15. The van der Waals surface area contributed by atoms with Gasteiger partial charge in [0.2, 0.25) is 0 Å². The van der Waals surface area contributed by atoms with Gasteiger partial charge < -0.3 is 15.4 Å². The molecule has 0 fully saturated rings. The van der Waals surface area contributed by atoms with E-state index < -0.39 is 35.1 Å². The zero-order chi connectivity index (χ0) is 24.0. The van der Waals surface area contributed by atoms with Crippen LogP contribution in [0.4, 0.5) is 18.9 Å². The number of rotatable bonds is 6. The molecule has 0 aromatic heterocycles. The largest absolute Gasteiger partial charge is 0.427 e. The third-order valence-corrected chi connectivity index (χ3v) is 4.47. The Morgan fingerprint density at radius 1 is 0.879 bits per heavy atom. The fourth-order valence-electron chi connectivity index (χ4n) is 3.04. The molecule has 3 rings (SSSR count). The number of hydrogen-bond donors (Lipinski definition) is 2. The highest BCUT2D eigenvalue weighted by atomic mass is 19.4. The van der Waals surface area contributed by atoms with E-state index in [1.807, 2.05) is 0 Å². The van der Waals surface area contributed by atoms with Crippen molar-refractivity contribution < 1.29 is 32.3 Å². The average Bonchev–Trinajstić information content (AvgIpc) is 2.77. The molecular weight excluding hydrogens is 437 g/mol. The van der Waals surface area contributed by atoms with E-state index in [-0.39, 0.29) is 23.5 Å². The van der Waals surface area contributed by atoms with Crippen molar-refractivity contribution >= 4 is 23.5 Å². The van der Waals surface area contributed by atoms with Crippen LogP contribution in [-0.4, -0.2) is 17.8 Å². The third kappa shape index (κ3) is 6.42.